The van der Waals surface area contributed by atoms with Crippen molar-refractivity contribution in [1.82, 2.24) is 5.32 Å². The van der Waals surface area contributed by atoms with E-state index in [1.165, 1.54) is 44.6 Å². The molecule has 1 aliphatic heterocycles. The summed E-state index contributed by atoms with van der Waals surface area (Å²) in [6.07, 6.45) is 1.34. The SMILES string of the molecule is COC(=O)c1ccc(N2C(=O)NC(=O)/C(=C\c3cc(Br)c(OCc4ccccc4Cl)c(OC)c3)C2=O)cc1. The van der Waals surface area contributed by atoms with Crippen LogP contribution in [0.15, 0.2) is 70.7 Å². The van der Waals surface area contributed by atoms with Gasteiger partial charge in [-0.15, -0.1) is 0 Å². The van der Waals surface area contributed by atoms with Crippen molar-refractivity contribution in [3.8, 4) is 11.5 Å². The molecule has 9 nitrogen and oxygen atoms in total. The summed E-state index contributed by atoms with van der Waals surface area (Å²) in [7, 11) is 2.70. The molecule has 11 heteroatoms. The Hall–Kier alpha value is -4.15. The number of benzene rings is 3. The van der Waals surface area contributed by atoms with Gasteiger partial charge in [-0.05, 0) is 70.0 Å². The molecule has 4 amide bonds. The lowest BCUT2D eigenvalue weighted by Gasteiger charge is -2.26. The number of urea groups is 1. The molecule has 1 saturated heterocycles. The maximum Gasteiger partial charge on any atom is 0.337 e. The van der Waals surface area contributed by atoms with Crippen LogP contribution in [0.4, 0.5) is 10.5 Å². The van der Waals surface area contributed by atoms with E-state index in [2.05, 4.69) is 26.0 Å². The number of nitrogens with one attached hydrogen (secondary N) is 1. The highest BCUT2D eigenvalue weighted by Crippen LogP contribution is 2.38. The number of nitrogens with zero attached hydrogens (tertiary/aromatic N) is 1. The van der Waals surface area contributed by atoms with Gasteiger partial charge in [0.2, 0.25) is 0 Å². The predicted octanol–water partition coefficient (Wildman–Crippen LogP) is 5.14. The van der Waals surface area contributed by atoms with Crippen molar-refractivity contribution >= 4 is 63.1 Å². The number of imide groups is 2. The first kappa shape index (κ1) is 26.9. The van der Waals surface area contributed by atoms with Crippen molar-refractivity contribution in [1.29, 1.82) is 0 Å². The molecular weight excluding hydrogens is 580 g/mol. The summed E-state index contributed by atoms with van der Waals surface area (Å²) in [5.41, 5.74) is 1.35. The number of ether oxygens (including phenoxy) is 3. The van der Waals surface area contributed by atoms with Crippen LogP contribution in [0.3, 0.4) is 0 Å². The van der Waals surface area contributed by atoms with E-state index in [1.54, 1.807) is 18.2 Å². The molecule has 3 aromatic carbocycles. The fraction of sp³-hybridized carbons (Fsp3) is 0.111. The van der Waals surface area contributed by atoms with Crippen molar-refractivity contribution in [2.75, 3.05) is 19.1 Å². The fourth-order valence-electron chi connectivity index (χ4n) is 3.65. The Morgan fingerprint density at radius 3 is 2.42 bits per heavy atom. The van der Waals surface area contributed by atoms with Gasteiger partial charge < -0.3 is 14.2 Å². The Kier molecular flexibility index (Phi) is 8.13. The van der Waals surface area contributed by atoms with E-state index >= 15 is 0 Å². The zero-order valence-corrected chi connectivity index (χ0v) is 22.5. The number of amides is 4. The van der Waals surface area contributed by atoms with Crippen LogP contribution in [0, 0.1) is 0 Å². The molecule has 4 rings (SSSR count). The Morgan fingerprint density at radius 1 is 1.05 bits per heavy atom. The van der Waals surface area contributed by atoms with Crippen molar-refractivity contribution < 1.29 is 33.4 Å². The maximum atomic E-state index is 13.2. The van der Waals surface area contributed by atoms with Crippen molar-refractivity contribution in [2.24, 2.45) is 0 Å². The number of halogens is 2. The Balaban J connectivity index is 1.63. The van der Waals surface area contributed by atoms with Crippen LogP contribution in [0.5, 0.6) is 11.5 Å². The predicted molar refractivity (Wildman–Crippen MR) is 143 cm³/mol. The monoisotopic (exact) mass is 598 g/mol. The largest absolute Gasteiger partial charge is 0.493 e. The molecule has 1 aliphatic rings. The van der Waals surface area contributed by atoms with Crippen molar-refractivity contribution in [3.63, 3.8) is 0 Å². The van der Waals surface area contributed by atoms with E-state index < -0.39 is 23.8 Å². The van der Waals surface area contributed by atoms with E-state index in [0.717, 1.165) is 10.5 Å². The van der Waals surface area contributed by atoms with E-state index in [1.807, 2.05) is 18.2 Å². The third-order valence-electron chi connectivity index (χ3n) is 5.54. The average molecular weight is 600 g/mol. The normalized spacial score (nSPS) is 14.4. The molecule has 1 heterocycles. The molecular formula is C27H20BrClN2O7. The summed E-state index contributed by atoms with van der Waals surface area (Å²) in [5.74, 6) is -1.51. The summed E-state index contributed by atoms with van der Waals surface area (Å²) in [6.45, 7) is 0.182. The summed E-state index contributed by atoms with van der Waals surface area (Å²) in [4.78, 5) is 50.8. The van der Waals surface area contributed by atoms with Crippen molar-refractivity contribution in [3.05, 3.63) is 92.4 Å². The second-order valence-electron chi connectivity index (χ2n) is 7.91. The number of esters is 1. The third-order valence-corrected chi connectivity index (χ3v) is 6.50. The molecule has 0 saturated carbocycles. The zero-order valence-electron chi connectivity index (χ0n) is 20.1. The van der Waals surface area contributed by atoms with Crippen LogP contribution in [0.25, 0.3) is 6.08 Å². The molecule has 1 N–H and O–H groups in total. The molecule has 0 radical (unpaired) electrons. The van der Waals surface area contributed by atoms with Crippen LogP contribution >= 0.6 is 27.5 Å². The fourth-order valence-corrected chi connectivity index (χ4v) is 4.42. The van der Waals surface area contributed by atoms with Crippen molar-refractivity contribution in [2.45, 2.75) is 6.61 Å². The number of methoxy groups -OCH3 is 2. The number of hydrogen-bond acceptors (Lipinski definition) is 7. The minimum absolute atomic E-state index is 0.167. The first-order valence-electron chi connectivity index (χ1n) is 11.1. The first-order valence-corrected chi connectivity index (χ1v) is 12.2. The lowest BCUT2D eigenvalue weighted by atomic mass is 10.1. The summed E-state index contributed by atoms with van der Waals surface area (Å²) in [6, 6.07) is 15.2. The molecule has 194 valence electrons. The van der Waals surface area contributed by atoms with Gasteiger partial charge in [-0.2, -0.15) is 0 Å². The van der Waals surface area contributed by atoms with Gasteiger partial charge in [-0.25, -0.2) is 14.5 Å². The summed E-state index contributed by atoms with van der Waals surface area (Å²) >= 11 is 9.66. The number of carbonyl (C=O) groups excluding carboxylic acids is 4. The van der Waals surface area contributed by atoms with E-state index in [-0.39, 0.29) is 23.4 Å². The van der Waals surface area contributed by atoms with E-state index in [9.17, 15) is 19.2 Å². The Bertz CT molecular complexity index is 1470. The van der Waals surface area contributed by atoms with Crippen LogP contribution in [-0.4, -0.2) is 38.0 Å². The Morgan fingerprint density at radius 2 is 1.76 bits per heavy atom. The summed E-state index contributed by atoms with van der Waals surface area (Å²) < 4.78 is 16.6. The van der Waals surface area contributed by atoms with Gasteiger partial charge >= 0.3 is 12.0 Å². The van der Waals surface area contributed by atoms with Gasteiger partial charge in [0.1, 0.15) is 12.2 Å². The van der Waals surface area contributed by atoms with E-state index in [4.69, 9.17) is 21.1 Å². The van der Waals surface area contributed by atoms with Gasteiger partial charge in [0, 0.05) is 10.6 Å². The molecule has 0 aromatic heterocycles. The second kappa shape index (κ2) is 11.5. The lowest BCUT2D eigenvalue weighted by molar-refractivity contribution is -0.122. The van der Waals surface area contributed by atoms with Crippen LogP contribution in [-0.2, 0) is 20.9 Å². The minimum atomic E-state index is -0.912. The first-order chi connectivity index (χ1) is 18.2. The third kappa shape index (κ3) is 5.56. The van der Waals surface area contributed by atoms with Crippen LogP contribution in [0.2, 0.25) is 5.02 Å². The highest BCUT2D eigenvalue weighted by atomic mass is 79.9. The number of hydrogen-bond donors (Lipinski definition) is 1. The highest BCUT2D eigenvalue weighted by molar-refractivity contribution is 9.10. The molecule has 0 atom stereocenters. The number of anilines is 1. The Labute approximate surface area is 231 Å². The highest BCUT2D eigenvalue weighted by Gasteiger charge is 2.37. The second-order valence-corrected chi connectivity index (χ2v) is 9.17. The minimum Gasteiger partial charge on any atom is -0.493 e. The van der Waals surface area contributed by atoms with Gasteiger partial charge in [0.05, 0.1) is 29.9 Å². The molecule has 0 spiro atoms. The van der Waals surface area contributed by atoms with Gasteiger partial charge in [-0.1, -0.05) is 29.8 Å². The van der Waals surface area contributed by atoms with Crippen LogP contribution in [0.1, 0.15) is 21.5 Å². The quantitative estimate of drug-likeness (QED) is 0.227. The molecule has 1 fully saturated rings. The maximum absolute atomic E-state index is 13.2. The average Bonchev–Trinajstić information content (AvgIpc) is 2.90. The number of barbiturate groups is 1. The molecule has 38 heavy (non-hydrogen) atoms. The molecule has 0 aliphatic carbocycles. The lowest BCUT2D eigenvalue weighted by Crippen LogP contribution is -2.54. The topological polar surface area (TPSA) is 111 Å². The standard InChI is InChI=1S/C27H20BrClN2O7/c1-36-22-13-15(12-20(28)23(22)38-14-17-5-3-4-6-21(17)29)11-19-24(32)30-27(35)31(25(19)33)18-9-7-16(8-10-18)26(34)37-2/h3-13H,14H2,1-2H3,(H,30,32,35)/b19-11+. The summed E-state index contributed by atoms with van der Waals surface area (Å²) in [5, 5.41) is 2.72. The molecule has 0 bridgehead atoms. The molecule has 0 unspecified atom stereocenters. The van der Waals surface area contributed by atoms with Gasteiger partial charge in [0.15, 0.2) is 11.5 Å². The number of rotatable bonds is 7. The van der Waals surface area contributed by atoms with E-state index in [0.29, 0.717) is 26.6 Å². The zero-order chi connectivity index (χ0) is 27.4. The van der Waals surface area contributed by atoms with Gasteiger partial charge in [-0.3, -0.25) is 14.9 Å². The number of carbonyl (C=O) groups is 4. The smallest absolute Gasteiger partial charge is 0.337 e. The van der Waals surface area contributed by atoms with Gasteiger partial charge in [0.25, 0.3) is 11.8 Å². The molecule has 3 aromatic rings. The van der Waals surface area contributed by atoms with Crippen LogP contribution < -0.4 is 19.7 Å².